The van der Waals surface area contributed by atoms with Crippen LogP contribution in [-0.4, -0.2) is 25.5 Å². The summed E-state index contributed by atoms with van der Waals surface area (Å²) in [5.74, 6) is 0.202. The normalized spacial score (nSPS) is 29.5. The van der Waals surface area contributed by atoms with E-state index >= 15 is 0 Å². The molecule has 0 bridgehead atoms. The van der Waals surface area contributed by atoms with Crippen LogP contribution in [0.4, 0.5) is 0 Å². The fourth-order valence-corrected chi connectivity index (χ4v) is 1.11. The van der Waals surface area contributed by atoms with Crippen molar-refractivity contribution in [3.8, 4) is 0 Å². The molecule has 2 aliphatic rings. The van der Waals surface area contributed by atoms with E-state index in [9.17, 15) is 4.79 Å². The third-order valence-corrected chi connectivity index (χ3v) is 1.71. The van der Waals surface area contributed by atoms with Crippen LogP contribution in [0.3, 0.4) is 0 Å². The van der Waals surface area contributed by atoms with Crippen molar-refractivity contribution >= 4 is 5.97 Å². The summed E-state index contributed by atoms with van der Waals surface area (Å²) in [6.45, 7) is 2.65. The van der Waals surface area contributed by atoms with Crippen LogP contribution < -0.4 is 0 Å². The van der Waals surface area contributed by atoms with E-state index in [4.69, 9.17) is 14.2 Å². The monoisotopic (exact) mass is 156 g/mol. The lowest BCUT2D eigenvalue weighted by Gasteiger charge is -2.20. The molecule has 1 unspecified atom stereocenters. The third kappa shape index (κ3) is 0.903. The second kappa shape index (κ2) is 2.23. The molecule has 4 heteroatoms. The van der Waals surface area contributed by atoms with Crippen molar-refractivity contribution in [2.45, 2.75) is 13.2 Å². The molecule has 0 spiro atoms. The van der Waals surface area contributed by atoms with Crippen molar-refractivity contribution in [3.63, 3.8) is 0 Å². The molecule has 0 aliphatic carbocycles. The molecular weight excluding hydrogens is 148 g/mol. The maximum Gasteiger partial charge on any atom is 0.340 e. The lowest BCUT2D eigenvalue weighted by atomic mass is 10.3. The van der Waals surface area contributed by atoms with E-state index in [1.54, 1.807) is 6.92 Å². The molecule has 0 aromatic heterocycles. The van der Waals surface area contributed by atoms with E-state index < -0.39 is 6.29 Å². The number of rotatable bonds is 0. The highest BCUT2D eigenvalue weighted by Gasteiger charge is 2.36. The minimum Gasteiger partial charge on any atom is -0.488 e. The molecule has 2 rings (SSSR count). The van der Waals surface area contributed by atoms with Gasteiger partial charge in [0, 0.05) is 0 Å². The van der Waals surface area contributed by atoms with Crippen LogP contribution in [-0.2, 0) is 19.0 Å². The molecule has 0 N–H and O–H groups in total. The highest BCUT2D eigenvalue weighted by molar-refractivity contribution is 5.90. The van der Waals surface area contributed by atoms with E-state index in [0.717, 1.165) is 0 Å². The summed E-state index contributed by atoms with van der Waals surface area (Å²) >= 11 is 0. The van der Waals surface area contributed by atoms with Gasteiger partial charge in [0.15, 0.2) is 5.76 Å². The first-order chi connectivity index (χ1) is 5.29. The van der Waals surface area contributed by atoms with Gasteiger partial charge in [-0.3, -0.25) is 0 Å². The van der Waals surface area contributed by atoms with Crippen LogP contribution in [0.25, 0.3) is 0 Å². The molecule has 11 heavy (non-hydrogen) atoms. The standard InChI is InChI=1S/C7H8O4/c1-4-5-7(11-6(4)8)10-3-2-9-5/h7H,2-3H2,1H3. The zero-order valence-corrected chi connectivity index (χ0v) is 6.12. The Hall–Kier alpha value is -1.03. The SMILES string of the molecule is CC1=C2OCCOC2OC1=O. The Morgan fingerprint density at radius 3 is 3.00 bits per heavy atom. The van der Waals surface area contributed by atoms with Gasteiger partial charge < -0.3 is 14.2 Å². The van der Waals surface area contributed by atoms with E-state index in [2.05, 4.69) is 0 Å². The molecule has 1 saturated heterocycles. The molecule has 0 saturated carbocycles. The average Bonchev–Trinajstić information content (AvgIpc) is 2.30. The predicted octanol–water partition coefficient (Wildman–Crippen LogP) is 0.190. The molecule has 0 amide bonds. The Morgan fingerprint density at radius 1 is 1.45 bits per heavy atom. The fourth-order valence-electron chi connectivity index (χ4n) is 1.11. The number of fused-ring (bicyclic) bond motifs is 1. The molecule has 1 fully saturated rings. The number of ether oxygens (including phenoxy) is 3. The van der Waals surface area contributed by atoms with Gasteiger partial charge in [-0.25, -0.2) is 4.79 Å². The molecule has 0 aromatic rings. The Bertz CT molecular complexity index is 231. The summed E-state index contributed by atoms with van der Waals surface area (Å²) in [5, 5.41) is 0. The topological polar surface area (TPSA) is 44.8 Å². The lowest BCUT2D eigenvalue weighted by Crippen LogP contribution is -2.25. The van der Waals surface area contributed by atoms with E-state index in [0.29, 0.717) is 24.5 Å². The smallest absolute Gasteiger partial charge is 0.340 e. The summed E-state index contributed by atoms with van der Waals surface area (Å²) in [7, 11) is 0. The van der Waals surface area contributed by atoms with Gasteiger partial charge in [-0.1, -0.05) is 0 Å². The van der Waals surface area contributed by atoms with Crippen molar-refractivity contribution < 1.29 is 19.0 Å². The Balaban J connectivity index is 2.28. The summed E-state index contributed by atoms with van der Waals surface area (Å²) in [6.07, 6.45) is -0.573. The minimum absolute atomic E-state index is 0.341. The number of hydrogen-bond acceptors (Lipinski definition) is 4. The Labute approximate surface area is 63.7 Å². The average molecular weight is 156 g/mol. The van der Waals surface area contributed by atoms with Gasteiger partial charge in [-0.15, -0.1) is 0 Å². The summed E-state index contributed by atoms with van der Waals surface area (Å²) < 4.78 is 15.1. The Kier molecular flexibility index (Phi) is 1.35. The zero-order chi connectivity index (χ0) is 7.84. The second-order valence-electron chi connectivity index (χ2n) is 2.45. The van der Waals surface area contributed by atoms with Crippen LogP contribution in [0.1, 0.15) is 6.92 Å². The first-order valence-electron chi connectivity index (χ1n) is 3.45. The largest absolute Gasteiger partial charge is 0.488 e. The van der Waals surface area contributed by atoms with Gasteiger partial charge in [0.25, 0.3) is 6.29 Å². The highest BCUT2D eigenvalue weighted by atomic mass is 16.7. The maximum absolute atomic E-state index is 10.9. The zero-order valence-electron chi connectivity index (χ0n) is 6.12. The van der Waals surface area contributed by atoms with Crippen LogP contribution in [0, 0.1) is 0 Å². The second-order valence-corrected chi connectivity index (χ2v) is 2.45. The lowest BCUT2D eigenvalue weighted by molar-refractivity contribution is -0.177. The van der Waals surface area contributed by atoms with E-state index in [1.807, 2.05) is 0 Å². The van der Waals surface area contributed by atoms with Crippen LogP contribution >= 0.6 is 0 Å². The van der Waals surface area contributed by atoms with Crippen molar-refractivity contribution in [3.05, 3.63) is 11.3 Å². The summed E-state index contributed by atoms with van der Waals surface area (Å²) in [5.41, 5.74) is 0.523. The molecule has 0 radical (unpaired) electrons. The van der Waals surface area contributed by atoms with Gasteiger partial charge in [0.2, 0.25) is 0 Å². The van der Waals surface area contributed by atoms with Crippen molar-refractivity contribution in [1.29, 1.82) is 0 Å². The van der Waals surface area contributed by atoms with Gasteiger partial charge in [0.1, 0.15) is 6.61 Å². The first-order valence-corrected chi connectivity index (χ1v) is 3.45. The van der Waals surface area contributed by atoms with Crippen LogP contribution in [0.15, 0.2) is 11.3 Å². The van der Waals surface area contributed by atoms with Crippen LogP contribution in [0.2, 0.25) is 0 Å². The number of hydrogen-bond donors (Lipinski definition) is 0. The molecule has 0 aromatic carbocycles. The number of esters is 1. The third-order valence-electron chi connectivity index (χ3n) is 1.71. The molecule has 2 heterocycles. The van der Waals surface area contributed by atoms with Crippen molar-refractivity contribution in [2.24, 2.45) is 0 Å². The molecule has 2 aliphatic heterocycles. The highest BCUT2D eigenvalue weighted by Crippen LogP contribution is 2.26. The molecular formula is C7H8O4. The van der Waals surface area contributed by atoms with Gasteiger partial charge in [0.05, 0.1) is 12.2 Å². The Morgan fingerprint density at radius 2 is 2.27 bits per heavy atom. The molecule has 1 atom stereocenters. The van der Waals surface area contributed by atoms with Gasteiger partial charge in [-0.2, -0.15) is 0 Å². The quantitative estimate of drug-likeness (QED) is 0.469. The minimum atomic E-state index is -0.573. The van der Waals surface area contributed by atoms with Gasteiger partial charge >= 0.3 is 5.97 Å². The van der Waals surface area contributed by atoms with Crippen LogP contribution in [0.5, 0.6) is 0 Å². The maximum atomic E-state index is 10.9. The van der Waals surface area contributed by atoms with Crippen molar-refractivity contribution in [1.82, 2.24) is 0 Å². The van der Waals surface area contributed by atoms with E-state index in [1.165, 1.54) is 0 Å². The predicted molar refractivity (Wildman–Crippen MR) is 34.5 cm³/mol. The van der Waals surface area contributed by atoms with Gasteiger partial charge in [-0.05, 0) is 6.92 Å². The number of carbonyl (C=O) groups is 1. The molecule has 4 nitrogen and oxygen atoms in total. The molecule has 60 valence electrons. The fraction of sp³-hybridized carbons (Fsp3) is 0.571. The summed E-state index contributed by atoms with van der Waals surface area (Å²) in [6, 6.07) is 0. The first kappa shape index (κ1) is 6.67. The van der Waals surface area contributed by atoms with Crippen molar-refractivity contribution in [2.75, 3.05) is 13.2 Å². The van der Waals surface area contributed by atoms with E-state index in [-0.39, 0.29) is 5.97 Å². The number of carbonyl (C=O) groups excluding carboxylic acids is 1. The summed E-state index contributed by atoms with van der Waals surface area (Å²) in [4.78, 5) is 10.9.